The fourth-order valence-electron chi connectivity index (χ4n) is 2.98. The molecule has 2 N–H and O–H groups in total. The molecule has 3 aromatic rings. The van der Waals surface area contributed by atoms with Crippen LogP contribution >= 0.6 is 11.6 Å². The van der Waals surface area contributed by atoms with E-state index < -0.39 is 23.4 Å². The number of carboxylic acids is 1. The maximum atomic E-state index is 12.7. The molecule has 1 amide bonds. The Hall–Kier alpha value is -3.19. The SMILES string of the molecule is CCC(C(=O)O)c1nn(NC(=O)Cc2ccc(Cl)cc2)c(=O)c2ccccc12. The molecule has 0 aliphatic heterocycles. The van der Waals surface area contributed by atoms with E-state index in [1.807, 2.05) is 0 Å². The molecular formula is C20H18ClN3O4. The molecule has 28 heavy (non-hydrogen) atoms. The number of nitrogens with one attached hydrogen (secondary N) is 1. The quantitative estimate of drug-likeness (QED) is 0.663. The van der Waals surface area contributed by atoms with Gasteiger partial charge in [0.2, 0.25) is 5.91 Å². The second-order valence-electron chi connectivity index (χ2n) is 6.29. The summed E-state index contributed by atoms with van der Waals surface area (Å²) < 4.78 is 0. The first-order valence-corrected chi connectivity index (χ1v) is 9.07. The monoisotopic (exact) mass is 399 g/mol. The van der Waals surface area contributed by atoms with Crippen molar-refractivity contribution in [3.8, 4) is 0 Å². The van der Waals surface area contributed by atoms with E-state index in [-0.39, 0.29) is 12.1 Å². The number of aromatic nitrogens is 2. The van der Waals surface area contributed by atoms with Crippen molar-refractivity contribution < 1.29 is 14.7 Å². The predicted molar refractivity (Wildman–Crippen MR) is 106 cm³/mol. The Morgan fingerprint density at radius 1 is 1.14 bits per heavy atom. The van der Waals surface area contributed by atoms with Crippen molar-refractivity contribution in [2.24, 2.45) is 0 Å². The Labute approximate surface area is 165 Å². The highest BCUT2D eigenvalue weighted by Gasteiger charge is 2.24. The third-order valence-corrected chi connectivity index (χ3v) is 4.63. The van der Waals surface area contributed by atoms with Crippen LogP contribution in [0.4, 0.5) is 0 Å². The molecule has 1 unspecified atom stereocenters. The number of hydrogen-bond donors (Lipinski definition) is 2. The van der Waals surface area contributed by atoms with Crippen molar-refractivity contribution in [3.05, 3.63) is 75.2 Å². The zero-order chi connectivity index (χ0) is 20.3. The average Bonchev–Trinajstić information content (AvgIpc) is 2.67. The summed E-state index contributed by atoms with van der Waals surface area (Å²) in [4.78, 5) is 37.6. The van der Waals surface area contributed by atoms with Gasteiger partial charge in [0, 0.05) is 10.4 Å². The summed E-state index contributed by atoms with van der Waals surface area (Å²) in [5, 5.41) is 15.0. The molecule has 0 saturated carbocycles. The smallest absolute Gasteiger partial charge is 0.312 e. The van der Waals surface area contributed by atoms with Gasteiger partial charge in [-0.1, -0.05) is 48.9 Å². The topological polar surface area (TPSA) is 101 Å². The summed E-state index contributed by atoms with van der Waals surface area (Å²) in [5.41, 5.74) is 2.88. The summed E-state index contributed by atoms with van der Waals surface area (Å²) >= 11 is 5.84. The van der Waals surface area contributed by atoms with Crippen LogP contribution in [0, 0.1) is 0 Å². The van der Waals surface area contributed by atoms with E-state index in [1.54, 1.807) is 55.5 Å². The minimum Gasteiger partial charge on any atom is -0.481 e. The molecule has 144 valence electrons. The van der Waals surface area contributed by atoms with E-state index in [4.69, 9.17) is 11.6 Å². The molecule has 0 fully saturated rings. The Balaban J connectivity index is 1.99. The van der Waals surface area contributed by atoms with Crippen LogP contribution in [0.3, 0.4) is 0 Å². The number of carbonyl (C=O) groups excluding carboxylic acids is 1. The maximum absolute atomic E-state index is 12.7. The number of amides is 1. The zero-order valence-electron chi connectivity index (χ0n) is 15.1. The van der Waals surface area contributed by atoms with Gasteiger partial charge in [0.25, 0.3) is 5.56 Å². The molecule has 0 aliphatic carbocycles. The van der Waals surface area contributed by atoms with Gasteiger partial charge in [-0.25, -0.2) is 5.43 Å². The van der Waals surface area contributed by atoms with Crippen LogP contribution in [0.5, 0.6) is 0 Å². The van der Waals surface area contributed by atoms with Crippen LogP contribution in [-0.2, 0) is 16.0 Å². The van der Waals surface area contributed by atoms with Gasteiger partial charge in [-0.3, -0.25) is 14.4 Å². The van der Waals surface area contributed by atoms with E-state index >= 15 is 0 Å². The highest BCUT2D eigenvalue weighted by molar-refractivity contribution is 6.30. The van der Waals surface area contributed by atoms with E-state index in [0.717, 1.165) is 4.79 Å². The lowest BCUT2D eigenvalue weighted by Crippen LogP contribution is -2.37. The van der Waals surface area contributed by atoms with Gasteiger partial charge < -0.3 is 5.11 Å². The summed E-state index contributed by atoms with van der Waals surface area (Å²) in [7, 11) is 0. The number of fused-ring (bicyclic) bond motifs is 1. The molecule has 0 bridgehead atoms. The molecule has 1 heterocycles. The van der Waals surface area contributed by atoms with E-state index in [9.17, 15) is 19.5 Å². The lowest BCUT2D eigenvalue weighted by Gasteiger charge is -2.15. The molecule has 0 aliphatic rings. The predicted octanol–water partition coefficient (Wildman–Crippen LogP) is 2.94. The van der Waals surface area contributed by atoms with Crippen LogP contribution in [0.2, 0.25) is 5.02 Å². The standard InChI is InChI=1S/C20H18ClN3O4/c1-2-14(20(27)28)18-15-5-3-4-6-16(15)19(26)24(23-18)22-17(25)11-12-7-9-13(21)10-8-12/h3-10,14H,2,11H2,1H3,(H,22,25)(H,27,28). The number of carbonyl (C=O) groups is 2. The highest BCUT2D eigenvalue weighted by Crippen LogP contribution is 2.24. The minimum absolute atomic E-state index is 0.0174. The number of halogens is 1. The number of aliphatic carboxylic acids is 1. The maximum Gasteiger partial charge on any atom is 0.312 e. The minimum atomic E-state index is -1.04. The summed E-state index contributed by atoms with van der Waals surface area (Å²) in [6, 6.07) is 13.4. The Kier molecular flexibility index (Phi) is 5.75. The first-order valence-electron chi connectivity index (χ1n) is 8.69. The van der Waals surface area contributed by atoms with Crippen LogP contribution in [0.15, 0.2) is 53.3 Å². The van der Waals surface area contributed by atoms with Gasteiger partial charge in [-0.15, -0.1) is 4.79 Å². The van der Waals surface area contributed by atoms with Crippen molar-refractivity contribution in [1.29, 1.82) is 0 Å². The van der Waals surface area contributed by atoms with Crippen LogP contribution in [0.25, 0.3) is 10.8 Å². The summed E-state index contributed by atoms with van der Waals surface area (Å²) in [6.07, 6.45) is 0.312. The fraction of sp³-hybridized carbons (Fsp3) is 0.200. The Morgan fingerprint density at radius 3 is 2.39 bits per heavy atom. The fourth-order valence-corrected chi connectivity index (χ4v) is 3.10. The Morgan fingerprint density at radius 2 is 1.79 bits per heavy atom. The molecule has 1 atom stereocenters. The molecule has 0 radical (unpaired) electrons. The molecular weight excluding hydrogens is 382 g/mol. The molecule has 3 rings (SSSR count). The van der Waals surface area contributed by atoms with E-state index in [0.29, 0.717) is 27.8 Å². The van der Waals surface area contributed by atoms with Gasteiger partial charge in [0.15, 0.2) is 0 Å². The number of nitrogens with zero attached hydrogens (tertiary/aromatic N) is 2. The van der Waals surface area contributed by atoms with Crippen molar-refractivity contribution in [2.75, 3.05) is 5.43 Å². The summed E-state index contributed by atoms with van der Waals surface area (Å²) in [5.74, 6) is -2.40. The van der Waals surface area contributed by atoms with Crippen LogP contribution < -0.4 is 11.0 Å². The van der Waals surface area contributed by atoms with Crippen LogP contribution in [0.1, 0.15) is 30.5 Å². The second-order valence-corrected chi connectivity index (χ2v) is 6.72. The number of rotatable bonds is 6. The van der Waals surface area contributed by atoms with Crippen molar-refractivity contribution in [2.45, 2.75) is 25.7 Å². The van der Waals surface area contributed by atoms with Crippen molar-refractivity contribution in [3.63, 3.8) is 0 Å². The Bertz CT molecular complexity index is 1090. The number of hydrogen-bond acceptors (Lipinski definition) is 4. The molecule has 2 aromatic carbocycles. The third kappa shape index (κ3) is 4.04. The largest absolute Gasteiger partial charge is 0.481 e. The molecule has 0 spiro atoms. The summed E-state index contributed by atoms with van der Waals surface area (Å²) in [6.45, 7) is 1.73. The number of carboxylic acid groups (broad SMARTS) is 1. The first kappa shape index (κ1) is 19.6. The lowest BCUT2D eigenvalue weighted by molar-refractivity contribution is -0.138. The molecule has 1 aromatic heterocycles. The van der Waals surface area contributed by atoms with Crippen molar-refractivity contribution >= 4 is 34.2 Å². The van der Waals surface area contributed by atoms with Gasteiger partial charge >= 0.3 is 5.97 Å². The van der Waals surface area contributed by atoms with E-state index in [2.05, 4.69) is 10.5 Å². The third-order valence-electron chi connectivity index (χ3n) is 4.38. The lowest BCUT2D eigenvalue weighted by atomic mass is 9.98. The van der Waals surface area contributed by atoms with Gasteiger partial charge in [-0.2, -0.15) is 5.10 Å². The highest BCUT2D eigenvalue weighted by atomic mass is 35.5. The van der Waals surface area contributed by atoms with Gasteiger partial charge in [0.05, 0.1) is 17.5 Å². The van der Waals surface area contributed by atoms with Gasteiger partial charge in [-0.05, 0) is 30.2 Å². The number of benzene rings is 2. The zero-order valence-corrected chi connectivity index (χ0v) is 15.8. The second kappa shape index (κ2) is 8.22. The van der Waals surface area contributed by atoms with E-state index in [1.165, 1.54) is 0 Å². The molecule has 8 heteroatoms. The van der Waals surface area contributed by atoms with Crippen molar-refractivity contribution in [1.82, 2.24) is 9.89 Å². The molecule has 0 saturated heterocycles. The average molecular weight is 400 g/mol. The molecule has 7 nitrogen and oxygen atoms in total. The normalized spacial score (nSPS) is 11.9. The first-order chi connectivity index (χ1) is 13.4. The van der Waals surface area contributed by atoms with Crippen LogP contribution in [-0.4, -0.2) is 26.9 Å². The van der Waals surface area contributed by atoms with Gasteiger partial charge in [0.1, 0.15) is 5.92 Å².